The van der Waals surface area contributed by atoms with Gasteiger partial charge in [0.15, 0.2) is 0 Å². The van der Waals surface area contributed by atoms with Gasteiger partial charge in [0.2, 0.25) is 7.37 Å². The lowest BCUT2D eigenvalue weighted by Crippen LogP contribution is -2.52. The molecule has 2 amide bonds. The summed E-state index contributed by atoms with van der Waals surface area (Å²) < 4.78 is 12.9. The van der Waals surface area contributed by atoms with Crippen LogP contribution in [-0.4, -0.2) is 33.0 Å². The van der Waals surface area contributed by atoms with Crippen LogP contribution >= 0.6 is 7.37 Å². The van der Waals surface area contributed by atoms with Crippen LogP contribution in [0.4, 0.5) is 0 Å². The van der Waals surface area contributed by atoms with E-state index in [0.29, 0.717) is 24.0 Å². The highest BCUT2D eigenvalue weighted by Crippen LogP contribution is 2.63. The summed E-state index contributed by atoms with van der Waals surface area (Å²) in [6, 6.07) is 6.64. The highest BCUT2D eigenvalue weighted by molar-refractivity contribution is 7.59. The number of benzene rings is 1. The van der Waals surface area contributed by atoms with Crippen molar-refractivity contribution in [3.8, 4) is 0 Å². The molecular formula is C16H20NO4P. The molecule has 1 aromatic rings. The normalized spacial score (nSPS) is 23.3. The Hall–Kier alpha value is -1.45. The quantitative estimate of drug-likeness (QED) is 0.685. The van der Waals surface area contributed by atoms with Crippen molar-refractivity contribution < 1.29 is 19.0 Å². The van der Waals surface area contributed by atoms with Crippen LogP contribution in [0.3, 0.4) is 0 Å². The van der Waals surface area contributed by atoms with E-state index in [1.54, 1.807) is 31.2 Å². The molecule has 1 unspecified atom stereocenters. The van der Waals surface area contributed by atoms with Gasteiger partial charge in [0, 0.05) is 6.16 Å². The molecule has 1 atom stereocenters. The maximum atomic E-state index is 12.9. The van der Waals surface area contributed by atoms with Gasteiger partial charge >= 0.3 is 0 Å². The first-order chi connectivity index (χ1) is 10.4. The topological polar surface area (TPSA) is 74.7 Å². The third kappa shape index (κ3) is 1.99. The first kappa shape index (κ1) is 15.4. The Bertz CT molecular complexity index is 643. The van der Waals surface area contributed by atoms with E-state index < -0.39 is 24.5 Å². The average molecular weight is 321 g/mol. The van der Waals surface area contributed by atoms with Crippen molar-refractivity contribution in [3.05, 3.63) is 35.4 Å². The maximum absolute atomic E-state index is 12.9. The highest BCUT2D eigenvalue weighted by atomic mass is 31.2. The monoisotopic (exact) mass is 321 g/mol. The van der Waals surface area contributed by atoms with Gasteiger partial charge in [-0.1, -0.05) is 38.3 Å². The van der Waals surface area contributed by atoms with Crippen molar-refractivity contribution in [3.63, 3.8) is 0 Å². The molecule has 1 aliphatic carbocycles. The highest BCUT2D eigenvalue weighted by Gasteiger charge is 2.57. The Morgan fingerprint density at radius 1 is 1.09 bits per heavy atom. The molecule has 1 saturated carbocycles. The zero-order chi connectivity index (χ0) is 16.0. The molecule has 5 nitrogen and oxygen atoms in total. The lowest BCUT2D eigenvalue weighted by atomic mass is 9.93. The van der Waals surface area contributed by atoms with Gasteiger partial charge in [-0.05, 0) is 25.0 Å². The smallest absolute Gasteiger partial charge is 0.262 e. The van der Waals surface area contributed by atoms with E-state index in [1.807, 2.05) is 0 Å². The van der Waals surface area contributed by atoms with Crippen molar-refractivity contribution in [2.75, 3.05) is 6.16 Å². The van der Waals surface area contributed by atoms with E-state index >= 15 is 0 Å². The van der Waals surface area contributed by atoms with Crippen LogP contribution in [0.1, 0.15) is 59.7 Å². The number of carbonyl (C=O) groups is 2. The number of carbonyl (C=O) groups excluding carboxylic acids is 2. The largest absolute Gasteiger partial charge is 0.343 e. The Morgan fingerprint density at radius 3 is 2.05 bits per heavy atom. The Kier molecular flexibility index (Phi) is 3.74. The van der Waals surface area contributed by atoms with Crippen molar-refractivity contribution >= 4 is 19.2 Å². The predicted molar refractivity (Wildman–Crippen MR) is 83.1 cm³/mol. The molecule has 1 aliphatic heterocycles. The minimum Gasteiger partial charge on any atom is -0.343 e. The van der Waals surface area contributed by atoms with Crippen LogP contribution < -0.4 is 0 Å². The molecule has 0 saturated heterocycles. The Labute approximate surface area is 129 Å². The minimum absolute atomic E-state index is 0.0698. The molecule has 1 N–H and O–H groups in total. The Morgan fingerprint density at radius 2 is 1.59 bits per heavy atom. The molecule has 6 heteroatoms. The van der Waals surface area contributed by atoms with Crippen LogP contribution in [-0.2, 0) is 4.57 Å². The third-order valence-electron chi connectivity index (χ3n) is 4.94. The van der Waals surface area contributed by atoms with Gasteiger partial charge in [0.1, 0.15) is 5.28 Å². The van der Waals surface area contributed by atoms with Gasteiger partial charge in [-0.3, -0.25) is 19.1 Å². The SMILES string of the molecule is CCP(=O)(O)C1(N2C(=O)c3ccccc3C2=O)CCCCC1. The number of amides is 2. The van der Waals surface area contributed by atoms with Crippen LogP contribution in [0.15, 0.2) is 24.3 Å². The van der Waals surface area contributed by atoms with Crippen molar-refractivity contribution in [2.45, 2.75) is 44.3 Å². The summed E-state index contributed by atoms with van der Waals surface area (Å²) >= 11 is 0. The fraction of sp³-hybridized carbons (Fsp3) is 0.500. The second-order valence-electron chi connectivity index (χ2n) is 6.05. The molecule has 1 heterocycles. The summed E-state index contributed by atoms with van der Waals surface area (Å²) in [4.78, 5) is 37.2. The van der Waals surface area contributed by atoms with E-state index in [1.165, 1.54) is 0 Å². The van der Waals surface area contributed by atoms with E-state index in [9.17, 15) is 19.0 Å². The van der Waals surface area contributed by atoms with E-state index in [4.69, 9.17) is 0 Å². The van der Waals surface area contributed by atoms with Crippen molar-refractivity contribution in [2.24, 2.45) is 0 Å². The van der Waals surface area contributed by atoms with Gasteiger partial charge in [-0.25, -0.2) is 0 Å². The molecule has 0 radical (unpaired) electrons. The summed E-state index contributed by atoms with van der Waals surface area (Å²) in [6.07, 6.45) is 3.39. The molecule has 2 aliphatic rings. The zero-order valence-electron chi connectivity index (χ0n) is 12.6. The second kappa shape index (κ2) is 5.32. The second-order valence-corrected chi connectivity index (χ2v) is 8.92. The van der Waals surface area contributed by atoms with E-state index in [-0.39, 0.29) is 6.16 Å². The van der Waals surface area contributed by atoms with Crippen LogP contribution in [0.5, 0.6) is 0 Å². The minimum atomic E-state index is -3.65. The Balaban J connectivity index is 2.13. The number of imide groups is 1. The van der Waals surface area contributed by atoms with E-state index in [0.717, 1.165) is 24.2 Å². The van der Waals surface area contributed by atoms with Gasteiger partial charge in [0.25, 0.3) is 11.8 Å². The summed E-state index contributed by atoms with van der Waals surface area (Å²) in [7, 11) is -3.65. The average Bonchev–Trinajstić information content (AvgIpc) is 2.80. The molecule has 22 heavy (non-hydrogen) atoms. The standard InChI is InChI=1S/C16H20NO4P/c1-2-22(20,21)16(10-6-3-7-11-16)17-14(18)12-8-4-5-9-13(12)15(17)19/h4-5,8-9H,2-3,6-7,10-11H2,1H3,(H,20,21). The van der Waals surface area contributed by atoms with E-state index in [2.05, 4.69) is 0 Å². The lowest BCUT2D eigenvalue weighted by Gasteiger charge is -2.45. The predicted octanol–water partition coefficient (Wildman–Crippen LogP) is 3.23. The molecule has 118 valence electrons. The van der Waals surface area contributed by atoms with Gasteiger partial charge in [0.05, 0.1) is 11.1 Å². The summed E-state index contributed by atoms with van der Waals surface area (Å²) in [5.74, 6) is -0.851. The lowest BCUT2D eigenvalue weighted by molar-refractivity contribution is 0.0466. The zero-order valence-corrected chi connectivity index (χ0v) is 13.5. The fourth-order valence-electron chi connectivity index (χ4n) is 3.71. The van der Waals surface area contributed by atoms with Gasteiger partial charge in [-0.15, -0.1) is 0 Å². The molecule has 0 aromatic heterocycles. The number of hydrogen-bond donors (Lipinski definition) is 1. The summed E-state index contributed by atoms with van der Waals surface area (Å²) in [5, 5.41) is -1.23. The van der Waals surface area contributed by atoms with Crippen molar-refractivity contribution in [1.82, 2.24) is 4.90 Å². The fourth-order valence-corrected chi connectivity index (χ4v) is 5.81. The molecule has 0 bridgehead atoms. The molecule has 3 rings (SSSR count). The van der Waals surface area contributed by atoms with Crippen LogP contribution in [0.25, 0.3) is 0 Å². The van der Waals surface area contributed by atoms with Gasteiger partial charge in [-0.2, -0.15) is 0 Å². The summed E-state index contributed by atoms with van der Waals surface area (Å²) in [6.45, 7) is 1.65. The summed E-state index contributed by atoms with van der Waals surface area (Å²) in [5.41, 5.74) is 0.683. The number of hydrogen-bond acceptors (Lipinski definition) is 3. The number of fused-ring (bicyclic) bond motifs is 1. The van der Waals surface area contributed by atoms with Gasteiger partial charge < -0.3 is 4.89 Å². The number of rotatable bonds is 3. The van der Waals surface area contributed by atoms with Crippen LogP contribution in [0, 0.1) is 0 Å². The molecule has 0 spiro atoms. The number of nitrogens with zero attached hydrogens (tertiary/aromatic N) is 1. The first-order valence-corrected chi connectivity index (χ1v) is 9.59. The molecular weight excluding hydrogens is 301 g/mol. The molecule has 1 fully saturated rings. The van der Waals surface area contributed by atoms with Crippen LogP contribution in [0.2, 0.25) is 0 Å². The maximum Gasteiger partial charge on any atom is 0.262 e. The first-order valence-electron chi connectivity index (χ1n) is 7.74. The van der Waals surface area contributed by atoms with Crippen molar-refractivity contribution in [1.29, 1.82) is 0 Å². The third-order valence-corrected chi connectivity index (χ3v) is 7.75. The molecule has 1 aromatic carbocycles.